The van der Waals surface area contributed by atoms with Gasteiger partial charge in [0.1, 0.15) is 6.04 Å². The number of nitrogens with zero attached hydrogens (tertiary/aromatic N) is 2. The molecule has 2 amide bonds. The lowest BCUT2D eigenvalue weighted by Gasteiger charge is -2.20. The van der Waals surface area contributed by atoms with Crippen LogP contribution in [0.5, 0.6) is 0 Å². The van der Waals surface area contributed by atoms with Crippen molar-refractivity contribution in [1.82, 2.24) is 5.01 Å². The normalized spacial score (nSPS) is 11.9. The molecule has 0 aromatic heterocycles. The quantitative estimate of drug-likeness (QED) is 0.401. The van der Waals surface area contributed by atoms with Gasteiger partial charge in [-0.3, -0.25) is 9.59 Å². The average molecular weight is 236 g/mol. The third-order valence-corrected chi connectivity index (χ3v) is 2.15. The second kappa shape index (κ2) is 7.17. The van der Waals surface area contributed by atoms with Gasteiger partial charge in [-0.1, -0.05) is 6.92 Å². The number of carbonyl (C=O) groups excluding carboxylic acids is 2. The second-order valence-electron chi connectivity index (χ2n) is 2.94. The summed E-state index contributed by atoms with van der Waals surface area (Å²) in [6, 6.07) is -0.967. The van der Waals surface area contributed by atoms with E-state index >= 15 is 0 Å². The molecule has 15 heavy (non-hydrogen) atoms. The Morgan fingerprint density at radius 2 is 2.13 bits per heavy atom. The summed E-state index contributed by atoms with van der Waals surface area (Å²) in [6.45, 7) is 1.64. The van der Waals surface area contributed by atoms with Crippen LogP contribution in [0.3, 0.4) is 0 Å². The number of hydrogen-bond donors (Lipinski definition) is 1. The maximum atomic E-state index is 11.4. The van der Waals surface area contributed by atoms with E-state index in [4.69, 9.17) is 17.3 Å². The summed E-state index contributed by atoms with van der Waals surface area (Å²) < 4.78 is 0. The fraction of sp³-hybridized carbons (Fsp3) is 0.750. The van der Waals surface area contributed by atoms with E-state index in [2.05, 4.69) is 5.29 Å². The number of nitrogens with two attached hydrogens (primary N) is 1. The van der Waals surface area contributed by atoms with Crippen LogP contribution in [0.1, 0.15) is 26.2 Å². The molecule has 0 aromatic carbocycles. The molecule has 0 spiro atoms. The summed E-state index contributed by atoms with van der Waals surface area (Å²) in [4.78, 5) is 32.7. The summed E-state index contributed by atoms with van der Waals surface area (Å²) in [5.41, 5.74) is 5.03. The molecule has 0 radical (unpaired) electrons. The zero-order valence-electron chi connectivity index (χ0n) is 8.48. The van der Waals surface area contributed by atoms with Crippen LogP contribution in [-0.2, 0) is 9.59 Å². The molecule has 1 atom stereocenters. The first kappa shape index (κ1) is 13.8. The van der Waals surface area contributed by atoms with E-state index in [1.54, 1.807) is 6.92 Å². The van der Waals surface area contributed by atoms with Crippen molar-refractivity contribution in [3.8, 4) is 0 Å². The van der Waals surface area contributed by atoms with Gasteiger partial charge in [-0.25, -0.2) is 0 Å². The molecule has 0 aromatic rings. The second-order valence-corrected chi connectivity index (χ2v) is 3.32. The monoisotopic (exact) mass is 235 g/mol. The number of rotatable bonds is 7. The van der Waals surface area contributed by atoms with Crippen molar-refractivity contribution in [1.29, 1.82) is 0 Å². The molecule has 0 aliphatic rings. The Balaban J connectivity index is 4.50. The first-order valence-corrected chi connectivity index (χ1v) is 5.12. The number of nitroso groups, excluding NO2 is 1. The molecule has 0 saturated carbocycles. The number of halogens is 1. The van der Waals surface area contributed by atoms with Gasteiger partial charge in [0.05, 0.1) is 5.29 Å². The van der Waals surface area contributed by atoms with Crippen molar-refractivity contribution < 1.29 is 9.59 Å². The Labute approximate surface area is 92.7 Å². The zero-order valence-corrected chi connectivity index (χ0v) is 9.24. The van der Waals surface area contributed by atoms with Crippen LogP contribution < -0.4 is 5.73 Å². The largest absolute Gasteiger partial charge is 0.368 e. The van der Waals surface area contributed by atoms with Gasteiger partial charge >= 0.3 is 0 Å². The minimum absolute atomic E-state index is 0.0824. The van der Waals surface area contributed by atoms with Crippen LogP contribution >= 0.6 is 11.6 Å². The molecule has 0 bridgehead atoms. The fourth-order valence-electron chi connectivity index (χ4n) is 1.10. The van der Waals surface area contributed by atoms with Crippen molar-refractivity contribution in [2.24, 2.45) is 11.0 Å². The van der Waals surface area contributed by atoms with Crippen LogP contribution in [0.25, 0.3) is 0 Å². The van der Waals surface area contributed by atoms with Crippen LogP contribution in [0.2, 0.25) is 0 Å². The molecule has 0 fully saturated rings. The Hall–Kier alpha value is -1.17. The number of hydrogen-bond acceptors (Lipinski definition) is 4. The average Bonchev–Trinajstić information content (AvgIpc) is 2.21. The molecule has 86 valence electrons. The Morgan fingerprint density at radius 1 is 1.53 bits per heavy atom. The van der Waals surface area contributed by atoms with Crippen LogP contribution in [0, 0.1) is 4.91 Å². The van der Waals surface area contributed by atoms with Gasteiger partial charge in [0.25, 0.3) is 0 Å². The molecular formula is C8H14ClN3O3. The number of primary amides is 1. The fourth-order valence-corrected chi connectivity index (χ4v) is 1.24. The summed E-state index contributed by atoms with van der Waals surface area (Å²) in [7, 11) is 0. The highest BCUT2D eigenvalue weighted by Gasteiger charge is 2.27. The van der Waals surface area contributed by atoms with Gasteiger partial charge in [-0.2, -0.15) is 5.01 Å². The van der Waals surface area contributed by atoms with E-state index in [-0.39, 0.29) is 12.8 Å². The lowest BCUT2D eigenvalue weighted by Crippen LogP contribution is -2.44. The summed E-state index contributed by atoms with van der Waals surface area (Å²) in [6.07, 6.45) is 0.772. The van der Waals surface area contributed by atoms with Crippen molar-refractivity contribution in [3.63, 3.8) is 0 Å². The minimum Gasteiger partial charge on any atom is -0.368 e. The van der Waals surface area contributed by atoms with Crippen molar-refractivity contribution >= 4 is 23.4 Å². The summed E-state index contributed by atoms with van der Waals surface area (Å²) in [5, 5.41) is 3.12. The van der Waals surface area contributed by atoms with Crippen LogP contribution in [-0.4, -0.2) is 28.7 Å². The molecule has 0 aliphatic heterocycles. The maximum Gasteiger partial charge on any atom is 0.246 e. The molecule has 0 saturated heterocycles. The number of alkyl halides is 1. The predicted molar refractivity (Wildman–Crippen MR) is 55.9 cm³/mol. The summed E-state index contributed by atoms with van der Waals surface area (Å²) >= 11 is 5.40. The summed E-state index contributed by atoms with van der Waals surface area (Å²) in [5.74, 6) is -0.959. The van der Waals surface area contributed by atoms with Crippen LogP contribution in [0.15, 0.2) is 5.29 Å². The topological polar surface area (TPSA) is 92.8 Å². The van der Waals surface area contributed by atoms with Gasteiger partial charge in [0.2, 0.25) is 11.8 Å². The van der Waals surface area contributed by atoms with Crippen molar-refractivity contribution in [3.05, 3.63) is 4.91 Å². The Bertz CT molecular complexity index is 247. The van der Waals surface area contributed by atoms with Crippen molar-refractivity contribution in [2.45, 2.75) is 32.2 Å². The standard InChI is InChI=1S/C8H14ClN3O3/c1-2-6(8(10)14)12(11-15)7(13)4-3-5-9/h6H,2-5H2,1H3,(H2,10,14)/t6-/m0/s1. The van der Waals surface area contributed by atoms with E-state index < -0.39 is 17.9 Å². The third-order valence-electron chi connectivity index (χ3n) is 1.88. The van der Waals surface area contributed by atoms with Gasteiger partial charge in [0.15, 0.2) is 0 Å². The maximum absolute atomic E-state index is 11.4. The Morgan fingerprint density at radius 3 is 2.47 bits per heavy atom. The highest BCUT2D eigenvalue weighted by molar-refractivity contribution is 6.17. The number of carbonyl (C=O) groups is 2. The highest BCUT2D eigenvalue weighted by Crippen LogP contribution is 2.08. The van der Waals surface area contributed by atoms with Gasteiger partial charge in [-0.15, -0.1) is 16.5 Å². The first-order chi connectivity index (χ1) is 7.08. The van der Waals surface area contributed by atoms with E-state index in [0.717, 1.165) is 0 Å². The minimum atomic E-state index is -0.967. The van der Waals surface area contributed by atoms with Crippen LogP contribution in [0.4, 0.5) is 0 Å². The van der Waals surface area contributed by atoms with Gasteiger partial charge in [0, 0.05) is 12.3 Å². The molecule has 0 aliphatic carbocycles. The van der Waals surface area contributed by atoms with E-state index in [0.29, 0.717) is 17.3 Å². The van der Waals surface area contributed by atoms with Gasteiger partial charge in [-0.05, 0) is 12.8 Å². The van der Waals surface area contributed by atoms with Crippen molar-refractivity contribution in [2.75, 3.05) is 5.88 Å². The smallest absolute Gasteiger partial charge is 0.246 e. The van der Waals surface area contributed by atoms with E-state index in [9.17, 15) is 14.5 Å². The van der Waals surface area contributed by atoms with E-state index in [1.807, 2.05) is 0 Å². The molecule has 0 rings (SSSR count). The Kier molecular flexibility index (Phi) is 6.61. The molecule has 6 nitrogen and oxygen atoms in total. The zero-order chi connectivity index (χ0) is 11.8. The molecule has 7 heteroatoms. The van der Waals surface area contributed by atoms with E-state index in [1.165, 1.54) is 0 Å². The predicted octanol–water partition coefficient (Wildman–Crippen LogP) is 0.779. The first-order valence-electron chi connectivity index (χ1n) is 4.59. The third kappa shape index (κ3) is 4.24. The lowest BCUT2D eigenvalue weighted by molar-refractivity contribution is -0.139. The lowest BCUT2D eigenvalue weighted by atomic mass is 10.2. The SMILES string of the molecule is CC[C@@H](C(N)=O)N(N=O)C(=O)CCCCl. The van der Waals surface area contributed by atoms with Gasteiger partial charge < -0.3 is 5.73 Å². The molecule has 0 heterocycles. The highest BCUT2D eigenvalue weighted by atomic mass is 35.5. The molecule has 2 N–H and O–H groups in total. The number of amides is 2. The molecule has 0 unspecified atom stereocenters. The molecular weight excluding hydrogens is 222 g/mol.